The summed E-state index contributed by atoms with van der Waals surface area (Å²) in [6.45, 7) is 2.27. The van der Waals surface area contributed by atoms with E-state index in [0.29, 0.717) is 4.77 Å². The molecule has 1 heterocycles. The third kappa shape index (κ3) is 6.30. The van der Waals surface area contributed by atoms with E-state index in [9.17, 15) is 0 Å². The molecule has 0 aliphatic rings. The molecule has 1 N–H and O–H groups in total. The second-order valence-corrected chi connectivity index (χ2v) is 8.23. The second kappa shape index (κ2) is 11.7. The first-order valence-corrected chi connectivity index (χ1v) is 11.5. The zero-order valence-electron chi connectivity index (χ0n) is 18.2. The van der Waals surface area contributed by atoms with Gasteiger partial charge in [0.15, 0.2) is 4.77 Å². The normalized spacial score (nSPS) is 11.0. The molecule has 30 heavy (non-hydrogen) atoms. The van der Waals surface area contributed by atoms with Gasteiger partial charge in [-0.15, -0.1) is 0 Å². The Hall–Kier alpha value is -2.40. The van der Waals surface area contributed by atoms with Crippen molar-refractivity contribution >= 4 is 12.2 Å². The summed E-state index contributed by atoms with van der Waals surface area (Å²) in [5.41, 5.74) is 3.61. The molecule has 0 bridgehead atoms. The molecule has 0 amide bonds. The van der Waals surface area contributed by atoms with E-state index in [1.807, 2.05) is 28.8 Å². The number of aromatic amines is 1. The molecule has 0 atom stereocenters. The lowest BCUT2D eigenvalue weighted by atomic mass is 10.0. The summed E-state index contributed by atoms with van der Waals surface area (Å²) in [6.07, 6.45) is 11.3. The zero-order valence-corrected chi connectivity index (χ0v) is 19.0. The first-order valence-electron chi connectivity index (χ1n) is 11.1. The van der Waals surface area contributed by atoms with E-state index in [-0.39, 0.29) is 0 Å². The predicted molar refractivity (Wildman–Crippen MR) is 126 cm³/mol. The van der Waals surface area contributed by atoms with Crippen LogP contribution in [0.3, 0.4) is 0 Å². The number of unbranched alkanes of at least 4 members (excludes halogenated alkanes) is 6. The van der Waals surface area contributed by atoms with Crippen molar-refractivity contribution in [2.45, 2.75) is 64.7 Å². The SMILES string of the molecule is CCCCCCCCCc1ccc(Cc2n[nH]c(=S)n2-c2cccc(OC)c2)cc1. The summed E-state index contributed by atoms with van der Waals surface area (Å²) in [6, 6.07) is 16.8. The number of methoxy groups -OCH3 is 1. The fourth-order valence-corrected chi connectivity index (χ4v) is 4.01. The van der Waals surface area contributed by atoms with Crippen molar-refractivity contribution in [1.82, 2.24) is 14.8 Å². The van der Waals surface area contributed by atoms with Crippen molar-refractivity contribution in [3.8, 4) is 11.4 Å². The van der Waals surface area contributed by atoms with Gasteiger partial charge in [-0.25, -0.2) is 0 Å². The van der Waals surface area contributed by atoms with Gasteiger partial charge in [0.2, 0.25) is 0 Å². The predicted octanol–water partition coefficient (Wildman–Crippen LogP) is 6.82. The topological polar surface area (TPSA) is 42.8 Å². The van der Waals surface area contributed by atoms with Crippen LogP contribution in [0.15, 0.2) is 48.5 Å². The highest BCUT2D eigenvalue weighted by Crippen LogP contribution is 2.20. The number of nitrogens with one attached hydrogen (secondary N) is 1. The standard InChI is InChI=1S/C25H33N3OS/c1-3-4-5-6-7-8-9-11-20-14-16-21(17-15-20)18-24-26-27-25(30)28(24)22-12-10-13-23(19-22)29-2/h10,12-17,19H,3-9,11,18H2,1-2H3,(H,27,30). The van der Waals surface area contributed by atoms with Crippen molar-refractivity contribution in [3.05, 3.63) is 70.3 Å². The number of aryl methyl sites for hydroxylation is 1. The second-order valence-electron chi connectivity index (χ2n) is 7.85. The molecule has 160 valence electrons. The molecule has 0 saturated heterocycles. The van der Waals surface area contributed by atoms with Gasteiger partial charge in [0.25, 0.3) is 0 Å². The van der Waals surface area contributed by atoms with Crippen molar-refractivity contribution < 1.29 is 4.74 Å². The minimum Gasteiger partial charge on any atom is -0.497 e. The van der Waals surface area contributed by atoms with Gasteiger partial charge in [-0.05, 0) is 48.3 Å². The number of benzene rings is 2. The van der Waals surface area contributed by atoms with Crippen LogP contribution in [-0.4, -0.2) is 21.9 Å². The maximum absolute atomic E-state index is 5.47. The van der Waals surface area contributed by atoms with Gasteiger partial charge in [-0.1, -0.05) is 75.8 Å². The van der Waals surface area contributed by atoms with Crippen molar-refractivity contribution in [2.75, 3.05) is 7.11 Å². The summed E-state index contributed by atoms with van der Waals surface area (Å²) in [4.78, 5) is 0. The van der Waals surface area contributed by atoms with Crippen LogP contribution >= 0.6 is 12.2 Å². The molecule has 0 radical (unpaired) electrons. The highest BCUT2D eigenvalue weighted by atomic mass is 32.1. The average Bonchev–Trinajstić information content (AvgIpc) is 3.14. The Labute approximate surface area is 185 Å². The zero-order chi connectivity index (χ0) is 21.2. The molecule has 3 aromatic rings. The van der Waals surface area contributed by atoms with E-state index in [0.717, 1.165) is 30.1 Å². The van der Waals surface area contributed by atoms with Crippen molar-refractivity contribution in [2.24, 2.45) is 0 Å². The fraction of sp³-hybridized carbons (Fsp3) is 0.440. The molecule has 0 fully saturated rings. The van der Waals surface area contributed by atoms with Gasteiger partial charge in [0.1, 0.15) is 11.6 Å². The summed E-state index contributed by atoms with van der Waals surface area (Å²) in [7, 11) is 1.67. The molecule has 4 nitrogen and oxygen atoms in total. The van der Waals surface area contributed by atoms with Crippen LogP contribution in [0.1, 0.15) is 68.8 Å². The molecular formula is C25H33N3OS. The fourth-order valence-electron chi connectivity index (χ4n) is 3.76. The van der Waals surface area contributed by atoms with E-state index < -0.39 is 0 Å². The Balaban J connectivity index is 1.58. The van der Waals surface area contributed by atoms with Crippen LogP contribution in [0.25, 0.3) is 5.69 Å². The largest absolute Gasteiger partial charge is 0.497 e. The maximum atomic E-state index is 5.47. The lowest BCUT2D eigenvalue weighted by Crippen LogP contribution is -2.03. The van der Waals surface area contributed by atoms with E-state index in [4.69, 9.17) is 17.0 Å². The van der Waals surface area contributed by atoms with Gasteiger partial charge in [0.05, 0.1) is 12.8 Å². The average molecular weight is 424 g/mol. The smallest absolute Gasteiger partial charge is 0.199 e. The van der Waals surface area contributed by atoms with E-state index in [1.165, 1.54) is 56.1 Å². The van der Waals surface area contributed by atoms with Crippen LogP contribution < -0.4 is 4.74 Å². The van der Waals surface area contributed by atoms with Gasteiger partial charge in [-0.3, -0.25) is 9.67 Å². The minimum absolute atomic E-state index is 0.591. The Morgan fingerprint density at radius 1 is 0.933 bits per heavy atom. The molecular weight excluding hydrogens is 390 g/mol. The number of nitrogens with zero attached hydrogens (tertiary/aromatic N) is 2. The summed E-state index contributed by atoms with van der Waals surface area (Å²) >= 11 is 5.47. The Bertz CT molecular complexity index is 959. The quantitative estimate of drug-likeness (QED) is 0.257. The molecule has 3 rings (SSSR count). The molecule has 2 aromatic carbocycles. The van der Waals surface area contributed by atoms with Crippen LogP contribution in [0.5, 0.6) is 5.75 Å². The number of rotatable bonds is 12. The van der Waals surface area contributed by atoms with E-state index >= 15 is 0 Å². The molecule has 0 spiro atoms. The number of hydrogen-bond donors (Lipinski definition) is 1. The number of ether oxygens (including phenoxy) is 1. The summed E-state index contributed by atoms with van der Waals surface area (Å²) in [5.74, 6) is 1.70. The summed E-state index contributed by atoms with van der Waals surface area (Å²) < 4.78 is 7.92. The third-order valence-corrected chi connectivity index (χ3v) is 5.78. The van der Waals surface area contributed by atoms with Crippen LogP contribution in [0.4, 0.5) is 0 Å². The molecule has 0 saturated carbocycles. The maximum Gasteiger partial charge on any atom is 0.199 e. The molecule has 0 unspecified atom stereocenters. The Morgan fingerprint density at radius 2 is 1.63 bits per heavy atom. The van der Waals surface area contributed by atoms with Gasteiger partial charge in [-0.2, -0.15) is 5.10 Å². The lowest BCUT2D eigenvalue weighted by molar-refractivity contribution is 0.414. The van der Waals surface area contributed by atoms with Gasteiger partial charge in [0, 0.05) is 12.5 Å². The van der Waals surface area contributed by atoms with Crippen LogP contribution in [0, 0.1) is 4.77 Å². The van der Waals surface area contributed by atoms with Gasteiger partial charge >= 0.3 is 0 Å². The highest BCUT2D eigenvalue weighted by molar-refractivity contribution is 7.71. The Kier molecular flexibility index (Phi) is 8.69. The van der Waals surface area contributed by atoms with E-state index in [1.54, 1.807) is 7.11 Å². The molecule has 1 aromatic heterocycles. The molecule has 0 aliphatic heterocycles. The Morgan fingerprint density at radius 3 is 2.37 bits per heavy atom. The van der Waals surface area contributed by atoms with Crippen molar-refractivity contribution in [3.63, 3.8) is 0 Å². The van der Waals surface area contributed by atoms with E-state index in [2.05, 4.69) is 41.4 Å². The van der Waals surface area contributed by atoms with Crippen molar-refractivity contribution in [1.29, 1.82) is 0 Å². The van der Waals surface area contributed by atoms with Crippen LogP contribution in [-0.2, 0) is 12.8 Å². The first-order chi connectivity index (χ1) is 14.7. The third-order valence-electron chi connectivity index (χ3n) is 5.51. The number of hydrogen-bond acceptors (Lipinski definition) is 3. The first kappa shape index (κ1) is 22.3. The number of H-pyrrole nitrogens is 1. The lowest BCUT2D eigenvalue weighted by Gasteiger charge is -2.09. The molecule has 0 aliphatic carbocycles. The highest BCUT2D eigenvalue weighted by Gasteiger charge is 2.10. The summed E-state index contributed by atoms with van der Waals surface area (Å²) in [5, 5.41) is 7.39. The number of aromatic nitrogens is 3. The molecule has 5 heteroatoms. The van der Waals surface area contributed by atoms with Gasteiger partial charge < -0.3 is 4.74 Å². The van der Waals surface area contributed by atoms with Crippen LogP contribution in [0.2, 0.25) is 0 Å². The monoisotopic (exact) mass is 423 g/mol. The minimum atomic E-state index is 0.591.